The summed E-state index contributed by atoms with van der Waals surface area (Å²) in [4.78, 5) is 17.0. The number of rotatable bonds is 5. The van der Waals surface area contributed by atoms with Crippen LogP contribution in [0.15, 0.2) is 71.1 Å². The first-order valence-corrected chi connectivity index (χ1v) is 11.0. The van der Waals surface area contributed by atoms with Crippen LogP contribution in [0.2, 0.25) is 0 Å². The predicted octanol–water partition coefficient (Wildman–Crippen LogP) is 5.73. The summed E-state index contributed by atoms with van der Waals surface area (Å²) in [6.07, 6.45) is 0. The number of oxazole rings is 1. The molecule has 0 atom stereocenters. The van der Waals surface area contributed by atoms with Crippen molar-refractivity contribution in [1.82, 2.24) is 15.6 Å². The number of hydrogen-bond donors (Lipinski definition) is 2. The lowest BCUT2D eigenvalue weighted by molar-refractivity contribution is 0.0976. The van der Waals surface area contributed by atoms with Crippen molar-refractivity contribution in [2.75, 3.05) is 0 Å². The number of aromatic nitrogens is 1. The molecule has 0 radical (unpaired) electrons. The highest BCUT2D eigenvalue weighted by Gasteiger charge is 2.11. The van der Waals surface area contributed by atoms with Gasteiger partial charge in [-0.15, -0.1) is 0 Å². The van der Waals surface area contributed by atoms with Crippen molar-refractivity contribution >= 4 is 34.3 Å². The maximum atomic E-state index is 12.4. The van der Waals surface area contributed by atoms with Crippen LogP contribution < -0.4 is 10.6 Å². The first kappa shape index (κ1) is 21.7. The van der Waals surface area contributed by atoms with Gasteiger partial charge in [-0.2, -0.15) is 0 Å². The number of hydrogen-bond acceptors (Lipinski definition) is 4. The highest BCUT2D eigenvalue weighted by atomic mass is 32.1. The zero-order valence-electron chi connectivity index (χ0n) is 18.3. The Morgan fingerprint density at radius 1 is 1.06 bits per heavy atom. The fourth-order valence-corrected chi connectivity index (χ4v) is 3.58. The van der Waals surface area contributed by atoms with E-state index in [1.807, 2.05) is 55.5 Å². The molecule has 0 aliphatic heterocycles. The van der Waals surface area contributed by atoms with Gasteiger partial charge in [-0.25, -0.2) is 4.98 Å². The minimum atomic E-state index is -0.215. The fourth-order valence-electron chi connectivity index (χ4n) is 3.42. The zero-order chi connectivity index (χ0) is 22.7. The molecule has 0 unspecified atom stereocenters. The average molecular weight is 444 g/mol. The summed E-state index contributed by atoms with van der Waals surface area (Å²) in [5, 5.41) is 6.10. The molecule has 162 valence electrons. The molecular formula is C26H25N3O2S. The van der Waals surface area contributed by atoms with E-state index in [4.69, 9.17) is 16.6 Å². The molecule has 32 heavy (non-hydrogen) atoms. The first-order valence-electron chi connectivity index (χ1n) is 10.6. The van der Waals surface area contributed by atoms with Gasteiger partial charge in [0.1, 0.15) is 5.52 Å². The van der Waals surface area contributed by atoms with Gasteiger partial charge >= 0.3 is 0 Å². The Bertz CT molecular complexity index is 1280. The van der Waals surface area contributed by atoms with E-state index in [1.165, 1.54) is 5.56 Å². The minimum Gasteiger partial charge on any atom is -0.436 e. The van der Waals surface area contributed by atoms with E-state index in [1.54, 1.807) is 6.07 Å². The van der Waals surface area contributed by atoms with Gasteiger partial charge in [0.15, 0.2) is 10.7 Å². The van der Waals surface area contributed by atoms with Crippen LogP contribution >= 0.6 is 12.2 Å². The summed E-state index contributed by atoms with van der Waals surface area (Å²) < 4.78 is 5.93. The lowest BCUT2D eigenvalue weighted by Gasteiger charge is -2.11. The third kappa shape index (κ3) is 4.86. The second-order valence-electron chi connectivity index (χ2n) is 8.05. The van der Waals surface area contributed by atoms with Gasteiger partial charge in [-0.3, -0.25) is 10.1 Å². The molecule has 2 N–H and O–H groups in total. The van der Waals surface area contributed by atoms with Gasteiger partial charge in [0.2, 0.25) is 5.89 Å². The minimum absolute atomic E-state index is 0.215. The number of aryl methyl sites for hydroxylation is 1. The van der Waals surface area contributed by atoms with Crippen molar-refractivity contribution in [3.05, 3.63) is 89.0 Å². The highest BCUT2D eigenvalue weighted by Crippen LogP contribution is 2.27. The molecule has 1 heterocycles. The summed E-state index contributed by atoms with van der Waals surface area (Å²) in [5.74, 6) is 0.827. The summed E-state index contributed by atoms with van der Waals surface area (Å²) >= 11 is 5.27. The second kappa shape index (κ2) is 9.32. The van der Waals surface area contributed by atoms with Crippen LogP contribution in [-0.2, 0) is 6.54 Å². The lowest BCUT2D eigenvalue weighted by Crippen LogP contribution is -2.39. The van der Waals surface area contributed by atoms with Gasteiger partial charge in [-0.05, 0) is 72.1 Å². The Kier molecular flexibility index (Phi) is 6.32. The van der Waals surface area contributed by atoms with Gasteiger partial charge in [0.05, 0.1) is 0 Å². The Balaban J connectivity index is 1.38. The normalized spacial score (nSPS) is 11.0. The molecule has 3 aromatic carbocycles. The number of amides is 1. The van der Waals surface area contributed by atoms with E-state index in [0.717, 1.165) is 27.8 Å². The summed E-state index contributed by atoms with van der Waals surface area (Å²) in [5.41, 5.74) is 6.34. The molecule has 0 bridgehead atoms. The summed E-state index contributed by atoms with van der Waals surface area (Å²) in [7, 11) is 0. The molecule has 1 aromatic heterocycles. The Morgan fingerprint density at radius 2 is 1.81 bits per heavy atom. The van der Waals surface area contributed by atoms with Crippen LogP contribution in [0.1, 0.15) is 46.8 Å². The number of fused-ring (bicyclic) bond motifs is 1. The summed E-state index contributed by atoms with van der Waals surface area (Å²) in [6.45, 7) is 6.72. The Morgan fingerprint density at radius 3 is 2.53 bits per heavy atom. The number of carbonyl (C=O) groups is 1. The molecule has 4 aromatic rings. The van der Waals surface area contributed by atoms with Crippen molar-refractivity contribution < 1.29 is 9.21 Å². The van der Waals surface area contributed by atoms with Crippen molar-refractivity contribution in [3.8, 4) is 11.5 Å². The van der Waals surface area contributed by atoms with E-state index in [-0.39, 0.29) is 5.91 Å². The molecule has 5 nitrogen and oxygen atoms in total. The Labute approximate surface area is 192 Å². The Hall–Kier alpha value is -3.51. The fraction of sp³-hybridized carbons (Fsp3) is 0.192. The third-order valence-electron chi connectivity index (χ3n) is 5.35. The van der Waals surface area contributed by atoms with E-state index < -0.39 is 0 Å². The van der Waals surface area contributed by atoms with Crippen LogP contribution in [-0.4, -0.2) is 16.0 Å². The molecule has 6 heteroatoms. The highest BCUT2D eigenvalue weighted by molar-refractivity contribution is 7.80. The van der Waals surface area contributed by atoms with Gasteiger partial charge in [0.25, 0.3) is 5.91 Å². The predicted molar refractivity (Wildman–Crippen MR) is 132 cm³/mol. The maximum Gasteiger partial charge on any atom is 0.257 e. The van der Waals surface area contributed by atoms with E-state index in [2.05, 4.69) is 41.6 Å². The van der Waals surface area contributed by atoms with E-state index in [9.17, 15) is 4.79 Å². The van der Waals surface area contributed by atoms with Crippen molar-refractivity contribution in [2.45, 2.75) is 33.2 Å². The second-order valence-corrected chi connectivity index (χ2v) is 8.46. The monoisotopic (exact) mass is 443 g/mol. The number of carbonyl (C=O) groups excluding carboxylic acids is 1. The van der Waals surface area contributed by atoms with Crippen molar-refractivity contribution in [1.29, 1.82) is 0 Å². The van der Waals surface area contributed by atoms with Crippen LogP contribution in [0.3, 0.4) is 0 Å². The standard InChI is InChI=1S/C26H25N3O2S/c1-16(2)20-12-13-23-22(14-20)28-25(31-23)19-10-8-18(9-11-19)15-27-26(32)29-24(30)21-7-5-4-6-17(21)3/h4-14,16H,15H2,1-3H3,(H2,27,29,30,32). The van der Waals surface area contributed by atoms with Crippen LogP contribution in [0.25, 0.3) is 22.6 Å². The maximum absolute atomic E-state index is 12.4. The summed E-state index contributed by atoms with van der Waals surface area (Å²) in [6, 6.07) is 21.5. The van der Waals surface area contributed by atoms with Crippen LogP contribution in [0, 0.1) is 6.92 Å². The van der Waals surface area contributed by atoms with Gasteiger partial charge < -0.3 is 9.73 Å². The smallest absolute Gasteiger partial charge is 0.257 e. The van der Waals surface area contributed by atoms with E-state index in [0.29, 0.717) is 29.0 Å². The first-order chi connectivity index (χ1) is 15.4. The average Bonchev–Trinajstić information content (AvgIpc) is 3.21. The van der Waals surface area contributed by atoms with Crippen molar-refractivity contribution in [3.63, 3.8) is 0 Å². The van der Waals surface area contributed by atoms with Crippen LogP contribution in [0.5, 0.6) is 0 Å². The molecule has 1 amide bonds. The SMILES string of the molecule is Cc1ccccc1C(=O)NC(=S)NCc1ccc(-c2nc3cc(C(C)C)ccc3o2)cc1. The van der Waals surface area contributed by atoms with Gasteiger partial charge in [0, 0.05) is 17.7 Å². The molecule has 0 spiro atoms. The molecule has 4 rings (SSSR count). The van der Waals surface area contributed by atoms with Crippen molar-refractivity contribution in [2.24, 2.45) is 0 Å². The van der Waals surface area contributed by atoms with Crippen LogP contribution in [0.4, 0.5) is 0 Å². The van der Waals surface area contributed by atoms with Gasteiger partial charge in [-0.1, -0.05) is 50.2 Å². The molecule has 0 saturated heterocycles. The topological polar surface area (TPSA) is 67.2 Å². The number of thiocarbonyl (C=S) groups is 1. The quantitative estimate of drug-likeness (QED) is 0.386. The lowest BCUT2D eigenvalue weighted by atomic mass is 10.0. The largest absolute Gasteiger partial charge is 0.436 e. The molecule has 0 fully saturated rings. The number of nitrogens with one attached hydrogen (secondary N) is 2. The zero-order valence-corrected chi connectivity index (χ0v) is 19.1. The third-order valence-corrected chi connectivity index (χ3v) is 5.60. The number of benzene rings is 3. The molecular weight excluding hydrogens is 418 g/mol. The molecule has 0 saturated carbocycles. The number of nitrogens with zero attached hydrogens (tertiary/aromatic N) is 1. The van der Waals surface area contributed by atoms with E-state index >= 15 is 0 Å². The molecule has 0 aliphatic rings. The molecule has 0 aliphatic carbocycles.